The first-order valence-corrected chi connectivity index (χ1v) is 6.39. The predicted molar refractivity (Wildman–Crippen MR) is 68.0 cm³/mol. The molecule has 0 radical (unpaired) electrons. The largest absolute Gasteiger partial charge is 0.316 e. The van der Waals surface area contributed by atoms with E-state index in [9.17, 15) is 8.78 Å². The van der Waals surface area contributed by atoms with E-state index in [1.165, 1.54) is 12.8 Å². The normalized spacial score (nSPS) is 34.1. The van der Waals surface area contributed by atoms with Gasteiger partial charge in [-0.25, -0.2) is 8.78 Å². The van der Waals surface area contributed by atoms with Crippen LogP contribution in [0.15, 0.2) is 0 Å². The van der Waals surface area contributed by atoms with E-state index in [2.05, 4.69) is 5.32 Å². The molecule has 1 N–H and O–H groups in total. The number of hydrogen-bond acceptors (Lipinski definition) is 2. The summed E-state index contributed by atoms with van der Waals surface area (Å²) in [4.78, 5) is 1.96. The van der Waals surface area contributed by atoms with Gasteiger partial charge in [0, 0.05) is 12.5 Å². The first-order valence-electron chi connectivity index (χ1n) is 6.39. The summed E-state index contributed by atoms with van der Waals surface area (Å²) in [6.45, 7) is 5.40. The fraction of sp³-hybridized carbons (Fsp3) is 1.00. The van der Waals surface area contributed by atoms with Crippen molar-refractivity contribution in [3.05, 3.63) is 0 Å². The third kappa shape index (κ3) is 4.04. The van der Waals surface area contributed by atoms with E-state index in [4.69, 9.17) is 0 Å². The maximum absolute atomic E-state index is 13.5. The van der Waals surface area contributed by atoms with Crippen LogP contribution in [0, 0.1) is 11.8 Å². The van der Waals surface area contributed by atoms with Crippen molar-refractivity contribution in [1.29, 1.82) is 0 Å². The lowest BCUT2D eigenvalue weighted by molar-refractivity contribution is -0.107. The van der Waals surface area contributed by atoms with Crippen molar-refractivity contribution in [2.45, 2.75) is 32.1 Å². The van der Waals surface area contributed by atoms with Crippen molar-refractivity contribution in [3.63, 3.8) is 0 Å². The highest BCUT2D eigenvalue weighted by atomic mass is 35.5. The summed E-state index contributed by atoms with van der Waals surface area (Å²) < 4.78 is 27.1. The summed E-state index contributed by atoms with van der Waals surface area (Å²) >= 11 is 0. The van der Waals surface area contributed by atoms with E-state index < -0.39 is 11.8 Å². The number of likely N-dealkylation sites (tertiary alicyclic amines) is 1. The Morgan fingerprint density at radius 1 is 1.35 bits per heavy atom. The Labute approximate surface area is 109 Å². The SMILES string of the molecule is CC1CCN(CC2CCCNC2)CC1(F)F.Cl. The lowest BCUT2D eigenvalue weighted by Gasteiger charge is -2.39. The minimum Gasteiger partial charge on any atom is -0.316 e. The zero-order chi connectivity index (χ0) is 11.6. The molecule has 17 heavy (non-hydrogen) atoms. The molecule has 0 aromatic carbocycles. The Kier molecular flexibility index (Phi) is 5.61. The molecule has 2 aliphatic rings. The second-order valence-corrected chi connectivity index (χ2v) is 5.40. The zero-order valence-corrected chi connectivity index (χ0v) is 11.2. The molecular weight excluding hydrogens is 246 g/mol. The summed E-state index contributed by atoms with van der Waals surface area (Å²) in [6.07, 6.45) is 3.00. The highest BCUT2D eigenvalue weighted by Gasteiger charge is 2.41. The number of hydrogen-bond donors (Lipinski definition) is 1. The predicted octanol–water partition coefficient (Wildman–Crippen LogP) is 2.38. The number of nitrogens with zero attached hydrogens (tertiary/aromatic N) is 1. The van der Waals surface area contributed by atoms with Crippen LogP contribution in [0.3, 0.4) is 0 Å². The van der Waals surface area contributed by atoms with Crippen LogP contribution < -0.4 is 5.32 Å². The third-order valence-electron chi connectivity index (χ3n) is 3.95. The number of halogens is 3. The highest BCUT2D eigenvalue weighted by molar-refractivity contribution is 5.85. The van der Waals surface area contributed by atoms with Gasteiger partial charge in [0.05, 0.1) is 6.54 Å². The van der Waals surface area contributed by atoms with Gasteiger partial charge in [0.1, 0.15) is 0 Å². The lowest BCUT2D eigenvalue weighted by Crippen LogP contribution is -2.50. The van der Waals surface area contributed by atoms with Crippen molar-refractivity contribution in [1.82, 2.24) is 10.2 Å². The summed E-state index contributed by atoms with van der Waals surface area (Å²) in [7, 11) is 0. The molecule has 0 bridgehead atoms. The van der Waals surface area contributed by atoms with E-state index >= 15 is 0 Å². The van der Waals surface area contributed by atoms with Gasteiger partial charge in [-0.2, -0.15) is 0 Å². The Morgan fingerprint density at radius 2 is 2.12 bits per heavy atom. The van der Waals surface area contributed by atoms with Gasteiger partial charge < -0.3 is 5.32 Å². The minimum absolute atomic E-state index is 0. The van der Waals surface area contributed by atoms with E-state index in [-0.39, 0.29) is 19.0 Å². The fourth-order valence-corrected chi connectivity index (χ4v) is 2.72. The van der Waals surface area contributed by atoms with Crippen molar-refractivity contribution in [2.75, 3.05) is 32.7 Å². The topological polar surface area (TPSA) is 15.3 Å². The highest BCUT2D eigenvalue weighted by Crippen LogP contribution is 2.32. The summed E-state index contributed by atoms with van der Waals surface area (Å²) in [5.74, 6) is -2.37. The Bertz CT molecular complexity index is 233. The average molecular weight is 269 g/mol. The molecule has 2 saturated heterocycles. The molecule has 2 rings (SSSR count). The molecule has 0 aromatic rings. The smallest absolute Gasteiger partial charge is 0.263 e. The molecule has 5 heteroatoms. The van der Waals surface area contributed by atoms with Crippen molar-refractivity contribution >= 4 is 12.4 Å². The molecule has 2 nitrogen and oxygen atoms in total. The summed E-state index contributed by atoms with van der Waals surface area (Å²) in [6, 6.07) is 0. The molecule has 2 atom stereocenters. The van der Waals surface area contributed by atoms with Crippen molar-refractivity contribution in [3.8, 4) is 0 Å². The van der Waals surface area contributed by atoms with Crippen LogP contribution in [0.25, 0.3) is 0 Å². The van der Waals surface area contributed by atoms with Gasteiger partial charge in [0.2, 0.25) is 0 Å². The number of nitrogens with one attached hydrogen (secondary N) is 1. The zero-order valence-electron chi connectivity index (χ0n) is 10.4. The van der Waals surface area contributed by atoms with Crippen LogP contribution in [-0.4, -0.2) is 43.5 Å². The molecule has 0 aliphatic carbocycles. The number of piperidine rings is 2. The van der Waals surface area contributed by atoms with Gasteiger partial charge >= 0.3 is 0 Å². The molecule has 102 valence electrons. The molecular formula is C12H23ClF2N2. The van der Waals surface area contributed by atoms with E-state index in [0.717, 1.165) is 26.2 Å². The van der Waals surface area contributed by atoms with Crippen LogP contribution in [0.4, 0.5) is 8.78 Å². The Balaban J connectivity index is 0.00000144. The van der Waals surface area contributed by atoms with Crippen LogP contribution in [0.2, 0.25) is 0 Å². The summed E-state index contributed by atoms with van der Waals surface area (Å²) in [5, 5.41) is 3.34. The minimum atomic E-state index is -2.49. The van der Waals surface area contributed by atoms with Crippen molar-refractivity contribution in [2.24, 2.45) is 11.8 Å². The molecule has 2 unspecified atom stereocenters. The molecule has 2 heterocycles. The van der Waals surface area contributed by atoms with Gasteiger partial charge in [-0.05, 0) is 44.8 Å². The van der Waals surface area contributed by atoms with Gasteiger partial charge in [-0.15, -0.1) is 12.4 Å². The fourth-order valence-electron chi connectivity index (χ4n) is 2.72. The molecule has 0 spiro atoms. The van der Waals surface area contributed by atoms with E-state index in [1.54, 1.807) is 6.92 Å². The standard InChI is InChI=1S/C12H22F2N2.ClH/c1-10-4-6-16(9-12(10,13)14)8-11-3-2-5-15-7-11;/h10-11,15H,2-9H2,1H3;1H. The van der Waals surface area contributed by atoms with Gasteiger partial charge in [-0.1, -0.05) is 6.92 Å². The molecule has 0 saturated carbocycles. The monoisotopic (exact) mass is 268 g/mol. The third-order valence-corrected chi connectivity index (χ3v) is 3.95. The average Bonchev–Trinajstić information content (AvgIpc) is 2.25. The van der Waals surface area contributed by atoms with Gasteiger partial charge in [0.25, 0.3) is 5.92 Å². The Hall–Kier alpha value is 0.0700. The Morgan fingerprint density at radius 3 is 2.71 bits per heavy atom. The van der Waals surface area contributed by atoms with Gasteiger partial charge in [0.15, 0.2) is 0 Å². The number of alkyl halides is 2. The van der Waals surface area contributed by atoms with Crippen LogP contribution in [-0.2, 0) is 0 Å². The first-order chi connectivity index (χ1) is 7.58. The molecule has 2 aliphatic heterocycles. The van der Waals surface area contributed by atoms with Crippen molar-refractivity contribution < 1.29 is 8.78 Å². The van der Waals surface area contributed by atoms with Gasteiger partial charge in [-0.3, -0.25) is 4.90 Å². The molecule has 0 amide bonds. The maximum atomic E-state index is 13.5. The second-order valence-electron chi connectivity index (χ2n) is 5.40. The maximum Gasteiger partial charge on any atom is 0.263 e. The molecule has 2 fully saturated rings. The summed E-state index contributed by atoms with van der Waals surface area (Å²) in [5.41, 5.74) is 0. The first kappa shape index (κ1) is 15.1. The number of rotatable bonds is 2. The quantitative estimate of drug-likeness (QED) is 0.827. The van der Waals surface area contributed by atoms with E-state index in [0.29, 0.717) is 12.3 Å². The molecule has 0 aromatic heterocycles. The van der Waals surface area contributed by atoms with Crippen LogP contribution in [0.1, 0.15) is 26.2 Å². The lowest BCUT2D eigenvalue weighted by atomic mass is 9.92. The van der Waals surface area contributed by atoms with Crippen LogP contribution >= 0.6 is 12.4 Å². The van der Waals surface area contributed by atoms with E-state index in [1.807, 2.05) is 4.90 Å². The second kappa shape index (κ2) is 6.30. The van der Waals surface area contributed by atoms with Crippen LogP contribution in [0.5, 0.6) is 0 Å².